The molecule has 3 rings (SSSR count). The second-order valence-electron chi connectivity index (χ2n) is 5.44. The highest BCUT2D eigenvalue weighted by atomic mass is 16.4. The van der Waals surface area contributed by atoms with E-state index >= 15 is 0 Å². The highest BCUT2D eigenvalue weighted by Crippen LogP contribution is 2.22. The van der Waals surface area contributed by atoms with Crippen molar-refractivity contribution in [1.29, 1.82) is 0 Å². The molecule has 1 aromatic carbocycles. The summed E-state index contributed by atoms with van der Waals surface area (Å²) < 4.78 is 3.40. The first-order valence-corrected chi connectivity index (χ1v) is 7.13. The van der Waals surface area contributed by atoms with Crippen LogP contribution in [0.4, 0.5) is 0 Å². The van der Waals surface area contributed by atoms with Gasteiger partial charge in [-0.3, -0.25) is 0 Å². The molecular formula is C17H17N3O2. The molecule has 0 aliphatic heterocycles. The fraction of sp³-hybridized carbons (Fsp3) is 0.176. The van der Waals surface area contributed by atoms with E-state index < -0.39 is 5.97 Å². The highest BCUT2D eigenvalue weighted by molar-refractivity contribution is 5.91. The Bertz CT molecular complexity index is 784. The van der Waals surface area contributed by atoms with Crippen molar-refractivity contribution in [2.24, 2.45) is 0 Å². The third kappa shape index (κ3) is 2.41. The lowest BCUT2D eigenvalue weighted by molar-refractivity contribution is 0.0697. The van der Waals surface area contributed by atoms with E-state index in [0.29, 0.717) is 11.7 Å². The monoisotopic (exact) mass is 295 g/mol. The fourth-order valence-electron chi connectivity index (χ4n) is 2.41. The van der Waals surface area contributed by atoms with E-state index in [1.165, 1.54) is 11.8 Å². The van der Waals surface area contributed by atoms with Crippen LogP contribution in [-0.4, -0.2) is 25.4 Å². The van der Waals surface area contributed by atoms with Gasteiger partial charge >= 0.3 is 5.97 Å². The smallest absolute Gasteiger partial charge is 0.341 e. The van der Waals surface area contributed by atoms with Crippen molar-refractivity contribution >= 4 is 5.97 Å². The van der Waals surface area contributed by atoms with Gasteiger partial charge in [-0.05, 0) is 35.7 Å². The Labute approximate surface area is 128 Å². The number of hydrogen-bond acceptors (Lipinski definition) is 2. The summed E-state index contributed by atoms with van der Waals surface area (Å²) in [6, 6.07) is 11.7. The van der Waals surface area contributed by atoms with E-state index in [1.807, 2.05) is 48.8 Å². The first-order valence-electron chi connectivity index (χ1n) is 7.13. The van der Waals surface area contributed by atoms with Crippen LogP contribution in [0.3, 0.4) is 0 Å². The zero-order valence-electron chi connectivity index (χ0n) is 12.5. The average molecular weight is 295 g/mol. The zero-order valence-corrected chi connectivity index (χ0v) is 12.5. The summed E-state index contributed by atoms with van der Waals surface area (Å²) in [6.07, 6.45) is 5.00. The number of aromatic carboxylic acids is 1. The van der Waals surface area contributed by atoms with Gasteiger partial charge < -0.3 is 9.67 Å². The highest BCUT2D eigenvalue weighted by Gasteiger charge is 2.19. The molecule has 0 amide bonds. The van der Waals surface area contributed by atoms with Crippen molar-refractivity contribution in [2.75, 3.05) is 0 Å². The molecule has 112 valence electrons. The van der Waals surface area contributed by atoms with Gasteiger partial charge in [0, 0.05) is 12.4 Å². The lowest BCUT2D eigenvalue weighted by atomic mass is 10.0. The topological polar surface area (TPSA) is 60.1 Å². The van der Waals surface area contributed by atoms with E-state index in [0.717, 1.165) is 5.69 Å². The summed E-state index contributed by atoms with van der Waals surface area (Å²) in [6.45, 7) is 4.27. The average Bonchev–Trinajstić information content (AvgIpc) is 3.16. The van der Waals surface area contributed by atoms with Crippen LogP contribution in [0.25, 0.3) is 11.5 Å². The van der Waals surface area contributed by atoms with Gasteiger partial charge in [0.1, 0.15) is 5.56 Å². The maximum atomic E-state index is 11.4. The maximum Gasteiger partial charge on any atom is 0.341 e. The molecule has 3 aromatic rings. The fourth-order valence-corrected chi connectivity index (χ4v) is 2.41. The summed E-state index contributed by atoms with van der Waals surface area (Å²) in [4.78, 5) is 11.4. The van der Waals surface area contributed by atoms with Gasteiger partial charge in [0.05, 0.1) is 11.9 Å². The molecular weight excluding hydrogens is 278 g/mol. The minimum absolute atomic E-state index is 0.170. The third-order valence-corrected chi connectivity index (χ3v) is 3.63. The number of aromatic nitrogens is 3. The summed E-state index contributed by atoms with van der Waals surface area (Å²) >= 11 is 0. The van der Waals surface area contributed by atoms with Crippen LogP contribution in [0, 0.1) is 0 Å². The summed E-state index contributed by atoms with van der Waals surface area (Å²) in [5, 5.41) is 13.6. The molecule has 0 radical (unpaired) electrons. The number of carboxylic acid groups (broad SMARTS) is 1. The maximum absolute atomic E-state index is 11.4. The standard InChI is InChI=1S/C17H17N3O2/c1-12(2)13-5-7-14(8-6-13)20-16(19-9-3-4-10-19)15(11-18-20)17(21)22/h3-12H,1-2H3,(H,21,22). The molecule has 2 aromatic heterocycles. The second-order valence-corrected chi connectivity index (χ2v) is 5.44. The Morgan fingerprint density at radius 3 is 2.32 bits per heavy atom. The molecule has 0 saturated carbocycles. The van der Waals surface area contributed by atoms with Crippen LogP contribution in [0.1, 0.15) is 35.7 Å². The summed E-state index contributed by atoms with van der Waals surface area (Å²) in [7, 11) is 0. The number of nitrogens with zero attached hydrogens (tertiary/aromatic N) is 3. The van der Waals surface area contributed by atoms with Gasteiger partial charge in [0.25, 0.3) is 0 Å². The van der Waals surface area contributed by atoms with E-state index in [1.54, 1.807) is 9.25 Å². The van der Waals surface area contributed by atoms with E-state index in [4.69, 9.17) is 0 Å². The first-order chi connectivity index (χ1) is 10.6. The lowest BCUT2D eigenvalue weighted by Gasteiger charge is -2.11. The molecule has 5 heteroatoms. The largest absolute Gasteiger partial charge is 0.477 e. The van der Waals surface area contributed by atoms with Crippen LogP contribution in [0.2, 0.25) is 0 Å². The second kappa shape index (κ2) is 5.52. The summed E-state index contributed by atoms with van der Waals surface area (Å²) in [5.41, 5.74) is 2.24. The first kappa shape index (κ1) is 14.1. The Balaban J connectivity index is 2.13. The van der Waals surface area contributed by atoms with Crippen LogP contribution in [0.15, 0.2) is 55.0 Å². The van der Waals surface area contributed by atoms with Gasteiger partial charge in [0.2, 0.25) is 0 Å². The van der Waals surface area contributed by atoms with Crippen LogP contribution in [0.5, 0.6) is 0 Å². The Hall–Kier alpha value is -2.82. The van der Waals surface area contributed by atoms with E-state index in [-0.39, 0.29) is 5.56 Å². The Morgan fingerprint density at radius 1 is 1.14 bits per heavy atom. The molecule has 22 heavy (non-hydrogen) atoms. The van der Waals surface area contributed by atoms with Crippen molar-refractivity contribution in [3.05, 3.63) is 66.1 Å². The van der Waals surface area contributed by atoms with Crippen LogP contribution < -0.4 is 0 Å². The normalized spacial score (nSPS) is 11.0. The quantitative estimate of drug-likeness (QED) is 0.801. The van der Waals surface area contributed by atoms with Gasteiger partial charge in [-0.1, -0.05) is 26.0 Å². The summed E-state index contributed by atoms with van der Waals surface area (Å²) in [5.74, 6) is -0.0197. The van der Waals surface area contributed by atoms with Gasteiger partial charge in [-0.25, -0.2) is 9.48 Å². The molecule has 1 N–H and O–H groups in total. The number of rotatable bonds is 4. The van der Waals surface area contributed by atoms with Crippen molar-refractivity contribution in [3.8, 4) is 11.5 Å². The Kier molecular flexibility index (Phi) is 3.55. The molecule has 0 atom stereocenters. The number of carboxylic acids is 1. The van der Waals surface area contributed by atoms with E-state index in [9.17, 15) is 9.90 Å². The van der Waals surface area contributed by atoms with Crippen LogP contribution in [-0.2, 0) is 0 Å². The number of carbonyl (C=O) groups is 1. The molecule has 0 spiro atoms. The minimum Gasteiger partial charge on any atom is -0.477 e. The van der Waals surface area contributed by atoms with Crippen LogP contribution >= 0.6 is 0 Å². The SMILES string of the molecule is CC(C)c1ccc(-n2ncc(C(=O)O)c2-n2cccc2)cc1. The lowest BCUT2D eigenvalue weighted by Crippen LogP contribution is -2.08. The van der Waals surface area contributed by atoms with Gasteiger partial charge in [-0.2, -0.15) is 5.10 Å². The molecule has 2 heterocycles. The predicted molar refractivity (Wildman–Crippen MR) is 83.9 cm³/mol. The predicted octanol–water partition coefficient (Wildman–Crippen LogP) is 3.48. The zero-order chi connectivity index (χ0) is 15.7. The third-order valence-electron chi connectivity index (χ3n) is 3.63. The van der Waals surface area contributed by atoms with E-state index in [2.05, 4.69) is 18.9 Å². The molecule has 5 nitrogen and oxygen atoms in total. The molecule has 0 aliphatic carbocycles. The van der Waals surface area contributed by atoms with Crippen molar-refractivity contribution in [3.63, 3.8) is 0 Å². The molecule has 0 fully saturated rings. The van der Waals surface area contributed by atoms with Crippen molar-refractivity contribution in [2.45, 2.75) is 19.8 Å². The number of benzene rings is 1. The van der Waals surface area contributed by atoms with Gasteiger partial charge in [-0.15, -0.1) is 0 Å². The Morgan fingerprint density at radius 2 is 1.77 bits per heavy atom. The minimum atomic E-state index is -0.992. The molecule has 0 aliphatic rings. The molecule has 0 unspecified atom stereocenters. The molecule has 0 saturated heterocycles. The van der Waals surface area contributed by atoms with Crippen molar-refractivity contribution in [1.82, 2.24) is 14.3 Å². The molecule has 0 bridgehead atoms. The van der Waals surface area contributed by atoms with Gasteiger partial charge in [0.15, 0.2) is 5.82 Å². The van der Waals surface area contributed by atoms with Crippen molar-refractivity contribution < 1.29 is 9.90 Å². The number of hydrogen-bond donors (Lipinski definition) is 1.